The monoisotopic (exact) mass is 466 g/mol. The van der Waals surface area contributed by atoms with Crippen molar-refractivity contribution in [1.29, 1.82) is 0 Å². The lowest BCUT2D eigenvalue weighted by Crippen LogP contribution is -2.28. The molecule has 0 bridgehead atoms. The van der Waals surface area contributed by atoms with E-state index in [-0.39, 0.29) is 11.9 Å². The topological polar surface area (TPSA) is 88.5 Å². The molecule has 4 heterocycles. The number of hydrogen-bond donors (Lipinski definition) is 2. The molecule has 7 nitrogen and oxygen atoms in total. The van der Waals surface area contributed by atoms with Crippen LogP contribution in [0, 0.1) is 0 Å². The molecule has 0 aliphatic carbocycles. The number of carbonyl (C=O) groups is 1. The first-order valence-electron chi connectivity index (χ1n) is 11.1. The van der Waals surface area contributed by atoms with Gasteiger partial charge in [0.25, 0.3) is 0 Å². The highest BCUT2D eigenvalue weighted by molar-refractivity contribution is 7.21. The van der Waals surface area contributed by atoms with Crippen molar-refractivity contribution in [3.05, 3.63) is 78.4 Å². The number of imidazole rings is 1. The van der Waals surface area contributed by atoms with E-state index in [2.05, 4.69) is 26.3 Å². The van der Waals surface area contributed by atoms with Gasteiger partial charge in [-0.15, -0.1) is 0 Å². The van der Waals surface area contributed by atoms with Gasteiger partial charge in [-0.1, -0.05) is 47.7 Å². The minimum atomic E-state index is -0.131. The summed E-state index contributed by atoms with van der Waals surface area (Å²) in [6.07, 6.45) is 5.82. The number of benzene rings is 2. The molecule has 0 aliphatic rings. The highest BCUT2D eigenvalue weighted by Gasteiger charge is 2.16. The summed E-state index contributed by atoms with van der Waals surface area (Å²) in [6, 6.07) is 16.1. The molecule has 2 N–H and O–H groups in total. The number of para-hydroxylation sites is 1. The van der Waals surface area contributed by atoms with E-state index in [1.54, 1.807) is 23.9 Å². The Morgan fingerprint density at radius 1 is 1.18 bits per heavy atom. The Labute approximate surface area is 199 Å². The average Bonchev–Trinajstić information content (AvgIpc) is 3.56. The normalized spacial score (nSPS) is 12.5. The van der Waals surface area contributed by atoms with E-state index in [4.69, 9.17) is 4.98 Å². The van der Waals surface area contributed by atoms with Crippen molar-refractivity contribution in [2.45, 2.75) is 19.4 Å². The zero-order chi connectivity index (χ0) is 23.2. The third kappa shape index (κ3) is 3.52. The minimum Gasteiger partial charge on any atom is -0.361 e. The van der Waals surface area contributed by atoms with Crippen LogP contribution in [-0.4, -0.2) is 30.4 Å². The number of thiazole rings is 1. The number of carbonyl (C=O) groups excluding carboxylic acids is 1. The summed E-state index contributed by atoms with van der Waals surface area (Å²) < 4.78 is 1.98. The van der Waals surface area contributed by atoms with Gasteiger partial charge in [-0.2, -0.15) is 0 Å². The van der Waals surface area contributed by atoms with Gasteiger partial charge in [0.15, 0.2) is 0 Å². The van der Waals surface area contributed by atoms with E-state index in [0.717, 1.165) is 54.0 Å². The lowest BCUT2D eigenvalue weighted by Gasteiger charge is -2.15. The SMILES string of the molecule is C[C@H](NC(=O)Cc1c[nH]c2ccccc12)c1cccc(-c2nc3c(ncc4ncn(C)c43)s2)c1. The summed E-state index contributed by atoms with van der Waals surface area (Å²) in [5.74, 6) is -0.00885. The summed E-state index contributed by atoms with van der Waals surface area (Å²) >= 11 is 1.56. The number of hydrogen-bond acceptors (Lipinski definition) is 5. The van der Waals surface area contributed by atoms with E-state index in [1.165, 1.54) is 0 Å². The van der Waals surface area contributed by atoms with Gasteiger partial charge in [-0.05, 0) is 30.2 Å². The number of amides is 1. The molecule has 168 valence electrons. The van der Waals surface area contributed by atoms with E-state index >= 15 is 0 Å². The molecule has 1 atom stereocenters. The standard InChI is InChI=1S/C26H22N6OS/c1-15(30-22(33)11-18-12-27-20-9-4-3-8-19(18)20)16-6-5-7-17(10-16)25-31-23-24-21(29-14-32(24)2)13-28-26(23)34-25/h3-10,12-15,27H,11H2,1-2H3,(H,30,33)/t15-/m0/s1. The molecular formula is C26H22N6OS. The molecule has 0 spiro atoms. The Morgan fingerprint density at radius 3 is 2.97 bits per heavy atom. The molecule has 0 radical (unpaired) electrons. The Balaban J connectivity index is 1.24. The first-order valence-corrected chi connectivity index (χ1v) is 11.9. The zero-order valence-corrected chi connectivity index (χ0v) is 19.6. The van der Waals surface area contributed by atoms with Gasteiger partial charge in [0.2, 0.25) is 5.91 Å². The molecule has 2 aromatic carbocycles. The van der Waals surface area contributed by atoms with E-state index in [9.17, 15) is 4.79 Å². The predicted octanol–water partition coefficient (Wildman–Crippen LogP) is 5.15. The van der Waals surface area contributed by atoms with Crippen molar-refractivity contribution in [2.75, 3.05) is 0 Å². The van der Waals surface area contributed by atoms with Crippen molar-refractivity contribution in [3.8, 4) is 10.6 Å². The summed E-state index contributed by atoms with van der Waals surface area (Å²) in [5, 5.41) is 5.12. The predicted molar refractivity (Wildman–Crippen MR) is 136 cm³/mol. The first-order chi connectivity index (χ1) is 16.6. The maximum atomic E-state index is 12.8. The molecule has 1 amide bonds. The minimum absolute atomic E-state index is 0.00885. The van der Waals surface area contributed by atoms with Crippen molar-refractivity contribution in [1.82, 2.24) is 29.8 Å². The van der Waals surface area contributed by atoms with Crippen LogP contribution in [0.2, 0.25) is 0 Å². The summed E-state index contributed by atoms with van der Waals surface area (Å²) in [4.78, 5) is 30.7. The van der Waals surface area contributed by atoms with Crippen LogP contribution in [0.3, 0.4) is 0 Å². The fraction of sp³-hybridized carbons (Fsp3) is 0.154. The second-order valence-electron chi connectivity index (χ2n) is 8.47. The van der Waals surface area contributed by atoms with Crippen molar-refractivity contribution in [2.24, 2.45) is 7.05 Å². The molecule has 0 fully saturated rings. The number of aromatic nitrogens is 5. The molecule has 4 aromatic heterocycles. The van der Waals surface area contributed by atoms with Gasteiger partial charge in [0.05, 0.1) is 30.5 Å². The third-order valence-corrected chi connectivity index (χ3v) is 7.15. The number of aromatic amines is 1. The molecule has 34 heavy (non-hydrogen) atoms. The van der Waals surface area contributed by atoms with Crippen LogP contribution in [0.1, 0.15) is 24.1 Å². The Morgan fingerprint density at radius 2 is 2.06 bits per heavy atom. The largest absolute Gasteiger partial charge is 0.361 e. The molecule has 8 heteroatoms. The molecule has 0 saturated heterocycles. The number of pyridine rings is 1. The Bertz CT molecular complexity index is 1680. The number of aryl methyl sites for hydroxylation is 1. The maximum Gasteiger partial charge on any atom is 0.224 e. The first kappa shape index (κ1) is 20.6. The van der Waals surface area contributed by atoms with Crippen LogP contribution in [0.15, 0.2) is 67.3 Å². The number of rotatable bonds is 5. The molecule has 6 aromatic rings. The van der Waals surface area contributed by atoms with Gasteiger partial charge >= 0.3 is 0 Å². The zero-order valence-electron chi connectivity index (χ0n) is 18.7. The van der Waals surface area contributed by atoms with Crippen LogP contribution in [0.5, 0.6) is 0 Å². The fourth-order valence-electron chi connectivity index (χ4n) is 4.40. The summed E-state index contributed by atoms with van der Waals surface area (Å²) in [5.41, 5.74) is 6.77. The average molecular weight is 467 g/mol. The van der Waals surface area contributed by atoms with E-state index in [0.29, 0.717) is 6.42 Å². The molecule has 0 saturated carbocycles. The van der Waals surface area contributed by atoms with Crippen molar-refractivity contribution >= 4 is 49.5 Å². The van der Waals surface area contributed by atoms with Crippen LogP contribution >= 0.6 is 11.3 Å². The van der Waals surface area contributed by atoms with Gasteiger partial charge in [0.1, 0.15) is 20.9 Å². The van der Waals surface area contributed by atoms with Crippen LogP contribution in [0.25, 0.3) is 42.9 Å². The van der Waals surface area contributed by atoms with Gasteiger partial charge in [-0.3, -0.25) is 4.79 Å². The fourth-order valence-corrected chi connectivity index (χ4v) is 5.31. The third-order valence-electron chi connectivity index (χ3n) is 6.14. The van der Waals surface area contributed by atoms with Gasteiger partial charge < -0.3 is 14.9 Å². The number of H-pyrrole nitrogens is 1. The van der Waals surface area contributed by atoms with Crippen LogP contribution in [0.4, 0.5) is 0 Å². The van der Waals surface area contributed by atoms with E-state index < -0.39 is 0 Å². The number of nitrogens with one attached hydrogen (secondary N) is 2. The summed E-state index contributed by atoms with van der Waals surface area (Å²) in [7, 11) is 1.97. The number of fused-ring (bicyclic) bond motifs is 4. The van der Waals surface area contributed by atoms with Crippen molar-refractivity contribution in [3.63, 3.8) is 0 Å². The lowest BCUT2D eigenvalue weighted by atomic mass is 10.0. The highest BCUT2D eigenvalue weighted by Crippen LogP contribution is 2.33. The van der Waals surface area contributed by atoms with Crippen molar-refractivity contribution < 1.29 is 4.79 Å². The van der Waals surface area contributed by atoms with Crippen LogP contribution < -0.4 is 5.32 Å². The highest BCUT2D eigenvalue weighted by atomic mass is 32.1. The molecule has 6 rings (SSSR count). The maximum absolute atomic E-state index is 12.8. The number of nitrogens with zero attached hydrogens (tertiary/aromatic N) is 4. The molecule has 0 aliphatic heterocycles. The second kappa shape index (κ2) is 8.07. The summed E-state index contributed by atoms with van der Waals surface area (Å²) in [6.45, 7) is 2.01. The molecule has 0 unspecified atom stereocenters. The van der Waals surface area contributed by atoms with E-state index in [1.807, 2.05) is 67.2 Å². The van der Waals surface area contributed by atoms with Crippen LogP contribution in [-0.2, 0) is 18.3 Å². The quantitative estimate of drug-likeness (QED) is 0.368. The van der Waals surface area contributed by atoms with Gasteiger partial charge in [-0.25, -0.2) is 15.0 Å². The van der Waals surface area contributed by atoms with Gasteiger partial charge in [0, 0.05) is 29.7 Å². The lowest BCUT2D eigenvalue weighted by molar-refractivity contribution is -0.121. The Hall–Kier alpha value is -4.04. The molecular weight excluding hydrogens is 444 g/mol. The second-order valence-corrected chi connectivity index (χ2v) is 9.45. The Kier molecular flexibility index (Phi) is 4.88. The smallest absolute Gasteiger partial charge is 0.224 e.